The van der Waals surface area contributed by atoms with Crippen LogP contribution < -0.4 is 0 Å². The van der Waals surface area contributed by atoms with Gasteiger partial charge in [0, 0.05) is 0 Å². The van der Waals surface area contributed by atoms with Crippen molar-refractivity contribution < 1.29 is 0 Å². The van der Waals surface area contributed by atoms with E-state index in [0.717, 1.165) is 5.92 Å². The van der Waals surface area contributed by atoms with Gasteiger partial charge in [0.05, 0.1) is 0 Å². The largest absolute Gasteiger partial charge is 0.0776 e. The van der Waals surface area contributed by atoms with E-state index in [0.29, 0.717) is 5.41 Å². The molecular formula is C12H30. The van der Waals surface area contributed by atoms with Crippen molar-refractivity contribution in [3.8, 4) is 0 Å². The van der Waals surface area contributed by atoms with Crippen molar-refractivity contribution in [2.75, 3.05) is 0 Å². The van der Waals surface area contributed by atoms with Crippen LogP contribution in [0.25, 0.3) is 0 Å². The molecule has 0 saturated heterocycles. The molecule has 0 unspecified atom stereocenters. The smallest absolute Gasteiger partial charge is 0.0357 e. The summed E-state index contributed by atoms with van der Waals surface area (Å²) < 4.78 is 0. The summed E-state index contributed by atoms with van der Waals surface area (Å²) in [5.74, 6) is 0.867. The van der Waals surface area contributed by atoms with E-state index in [1.165, 1.54) is 19.3 Å². The Kier molecular flexibility index (Phi) is 11.4. The Morgan fingerprint density at radius 1 is 1.08 bits per heavy atom. The molecule has 0 aliphatic carbocycles. The molecule has 0 aromatic carbocycles. The summed E-state index contributed by atoms with van der Waals surface area (Å²) in [5, 5.41) is 0. The molecule has 0 nitrogen and oxygen atoms in total. The van der Waals surface area contributed by atoms with E-state index in [4.69, 9.17) is 0 Å². The van der Waals surface area contributed by atoms with Crippen LogP contribution in [0.5, 0.6) is 0 Å². The molecule has 0 fully saturated rings. The Morgan fingerprint density at radius 2 is 1.50 bits per heavy atom. The van der Waals surface area contributed by atoms with Crippen LogP contribution >= 0.6 is 0 Å². The van der Waals surface area contributed by atoms with Crippen molar-refractivity contribution in [1.82, 2.24) is 0 Å². The zero-order chi connectivity index (χ0) is 8.20. The Morgan fingerprint density at radius 3 is 1.75 bits per heavy atom. The van der Waals surface area contributed by atoms with E-state index in [1.807, 2.05) is 0 Å². The first-order chi connectivity index (χ1) is 4.48. The summed E-state index contributed by atoms with van der Waals surface area (Å²) in [6, 6.07) is 0. The first-order valence-electron chi connectivity index (χ1n) is 4.48. The molecular weight excluding hydrogens is 144 g/mol. The molecule has 0 heteroatoms. The van der Waals surface area contributed by atoms with Gasteiger partial charge in [0.15, 0.2) is 0 Å². The van der Waals surface area contributed by atoms with Gasteiger partial charge in [0.2, 0.25) is 0 Å². The molecule has 0 aromatic rings. The summed E-state index contributed by atoms with van der Waals surface area (Å²) in [4.78, 5) is 0. The third kappa shape index (κ3) is 10.0. The summed E-state index contributed by atoms with van der Waals surface area (Å²) in [5.41, 5.74) is 0.574. The van der Waals surface area contributed by atoms with E-state index in [1.54, 1.807) is 0 Å². The fourth-order valence-electron chi connectivity index (χ4n) is 0.856. The predicted octanol–water partition coefficient (Wildman–Crippen LogP) is 5.13. The lowest BCUT2D eigenvalue weighted by Crippen LogP contribution is -2.10. The normalized spacial score (nSPS) is 10.5. The van der Waals surface area contributed by atoms with Crippen molar-refractivity contribution in [2.24, 2.45) is 11.3 Å². The van der Waals surface area contributed by atoms with Gasteiger partial charge >= 0.3 is 0 Å². The predicted molar refractivity (Wildman–Crippen MR) is 61.6 cm³/mol. The van der Waals surface area contributed by atoms with Gasteiger partial charge in [-0.3, -0.25) is 0 Å². The van der Waals surface area contributed by atoms with Crippen molar-refractivity contribution in [1.29, 1.82) is 0 Å². The Labute approximate surface area is 80.8 Å². The van der Waals surface area contributed by atoms with Gasteiger partial charge in [-0.15, -0.1) is 0 Å². The lowest BCUT2D eigenvalue weighted by Gasteiger charge is -2.23. The van der Waals surface area contributed by atoms with Crippen LogP contribution in [0.3, 0.4) is 0 Å². The molecule has 0 bridgehead atoms. The summed E-state index contributed by atoms with van der Waals surface area (Å²) in [6.07, 6.45) is 4.06. The molecule has 0 atom stereocenters. The third-order valence-corrected chi connectivity index (χ3v) is 2.36. The molecule has 0 heterocycles. The van der Waals surface area contributed by atoms with Crippen molar-refractivity contribution in [2.45, 2.75) is 68.7 Å². The molecule has 0 rings (SSSR count). The molecule has 0 amide bonds. The van der Waals surface area contributed by atoms with Gasteiger partial charge in [-0.1, -0.05) is 62.3 Å². The highest BCUT2D eigenvalue weighted by atomic mass is 14.2. The van der Waals surface area contributed by atoms with E-state index in [-0.39, 0.29) is 14.9 Å². The minimum absolute atomic E-state index is 0. The first-order valence-corrected chi connectivity index (χ1v) is 4.48. The van der Waals surface area contributed by atoms with E-state index in [2.05, 4.69) is 34.6 Å². The second-order valence-electron chi connectivity index (χ2n) is 4.45. The van der Waals surface area contributed by atoms with Crippen LogP contribution in [0.4, 0.5) is 0 Å². The standard InChI is InChI=1S/C10H22.2CH4/c1-6-10(4,5)8-7-9(2)3;;/h9H,6-8H2,1-5H3;2*1H4. The highest BCUT2D eigenvalue weighted by molar-refractivity contribution is 4.66. The van der Waals surface area contributed by atoms with Crippen LogP contribution in [0.1, 0.15) is 68.7 Å². The molecule has 0 radical (unpaired) electrons. The third-order valence-electron chi connectivity index (χ3n) is 2.36. The minimum atomic E-state index is 0. The average Bonchev–Trinajstić information content (AvgIpc) is 1.85. The first kappa shape index (κ1) is 17.9. The molecule has 0 aromatic heterocycles. The number of hydrogen-bond acceptors (Lipinski definition) is 0. The van der Waals surface area contributed by atoms with E-state index in [9.17, 15) is 0 Å². The second-order valence-corrected chi connectivity index (χ2v) is 4.45. The van der Waals surface area contributed by atoms with Gasteiger partial charge < -0.3 is 0 Å². The van der Waals surface area contributed by atoms with E-state index >= 15 is 0 Å². The Balaban J connectivity index is -0.000000405. The van der Waals surface area contributed by atoms with Crippen LogP contribution in [-0.2, 0) is 0 Å². The molecule has 0 N–H and O–H groups in total. The monoisotopic (exact) mass is 174 g/mol. The average molecular weight is 174 g/mol. The molecule has 0 aliphatic heterocycles. The van der Waals surface area contributed by atoms with Crippen molar-refractivity contribution in [3.63, 3.8) is 0 Å². The maximum Gasteiger partial charge on any atom is -0.0357 e. The van der Waals surface area contributed by atoms with Crippen LogP contribution in [0, 0.1) is 11.3 Å². The van der Waals surface area contributed by atoms with Crippen LogP contribution in [0.15, 0.2) is 0 Å². The Bertz CT molecular complexity index is 80.0. The minimum Gasteiger partial charge on any atom is -0.0776 e. The summed E-state index contributed by atoms with van der Waals surface area (Å²) >= 11 is 0. The second kappa shape index (κ2) is 7.64. The lowest BCUT2D eigenvalue weighted by molar-refractivity contribution is 0.293. The quantitative estimate of drug-likeness (QED) is 0.554. The molecule has 78 valence electrons. The van der Waals surface area contributed by atoms with Gasteiger partial charge in [0.25, 0.3) is 0 Å². The molecule has 0 spiro atoms. The maximum absolute atomic E-state index is 2.36. The summed E-state index contributed by atoms with van der Waals surface area (Å²) in [6.45, 7) is 11.6. The van der Waals surface area contributed by atoms with Crippen LogP contribution in [0.2, 0.25) is 0 Å². The maximum atomic E-state index is 2.36. The molecule has 0 aliphatic rings. The van der Waals surface area contributed by atoms with Crippen LogP contribution in [-0.4, -0.2) is 0 Å². The highest BCUT2D eigenvalue weighted by Crippen LogP contribution is 2.27. The fourth-order valence-corrected chi connectivity index (χ4v) is 0.856. The van der Waals surface area contributed by atoms with Gasteiger partial charge in [-0.05, 0) is 17.8 Å². The van der Waals surface area contributed by atoms with Crippen molar-refractivity contribution >= 4 is 0 Å². The summed E-state index contributed by atoms with van der Waals surface area (Å²) in [7, 11) is 0. The number of hydrogen-bond donors (Lipinski definition) is 0. The zero-order valence-corrected chi connectivity index (χ0v) is 8.20. The van der Waals surface area contributed by atoms with Gasteiger partial charge in [-0.2, -0.15) is 0 Å². The molecule has 12 heavy (non-hydrogen) atoms. The zero-order valence-electron chi connectivity index (χ0n) is 8.20. The SMILES string of the molecule is C.C.CCC(C)(C)CCC(C)C. The van der Waals surface area contributed by atoms with E-state index < -0.39 is 0 Å². The molecule has 0 saturated carbocycles. The fraction of sp³-hybridized carbons (Fsp3) is 1.00. The number of rotatable bonds is 4. The Hall–Kier alpha value is 0. The highest BCUT2D eigenvalue weighted by Gasteiger charge is 2.14. The van der Waals surface area contributed by atoms with Gasteiger partial charge in [0.1, 0.15) is 0 Å². The topological polar surface area (TPSA) is 0 Å². The van der Waals surface area contributed by atoms with Gasteiger partial charge in [-0.25, -0.2) is 0 Å². The van der Waals surface area contributed by atoms with Crippen molar-refractivity contribution in [3.05, 3.63) is 0 Å². The lowest BCUT2D eigenvalue weighted by atomic mass is 9.83.